The van der Waals surface area contributed by atoms with Gasteiger partial charge in [-0.1, -0.05) is 19.1 Å². The van der Waals surface area contributed by atoms with Gasteiger partial charge in [-0.15, -0.1) is 0 Å². The van der Waals surface area contributed by atoms with Crippen molar-refractivity contribution in [3.05, 3.63) is 48.0 Å². The van der Waals surface area contributed by atoms with Crippen LogP contribution in [0.3, 0.4) is 0 Å². The van der Waals surface area contributed by atoms with E-state index in [1.54, 1.807) is 13.2 Å². The number of nitrogens with zero attached hydrogens (tertiary/aromatic N) is 2. The van der Waals surface area contributed by atoms with Gasteiger partial charge < -0.3 is 25.6 Å². The fourth-order valence-electron chi connectivity index (χ4n) is 3.40. The fraction of sp³-hybridized carbons (Fsp3) is 0.381. The van der Waals surface area contributed by atoms with Crippen molar-refractivity contribution in [3.63, 3.8) is 0 Å². The summed E-state index contributed by atoms with van der Waals surface area (Å²) >= 11 is 0. The van der Waals surface area contributed by atoms with Gasteiger partial charge in [0, 0.05) is 38.3 Å². The van der Waals surface area contributed by atoms with Crippen LogP contribution in [0, 0.1) is 0 Å². The molecule has 144 valence electrons. The summed E-state index contributed by atoms with van der Waals surface area (Å²) in [5.74, 6) is 0.823. The lowest BCUT2D eigenvalue weighted by Crippen LogP contribution is -2.46. The molecule has 0 aliphatic carbocycles. The first kappa shape index (κ1) is 18.9. The topological polar surface area (TPSA) is 70.8 Å². The van der Waals surface area contributed by atoms with Crippen molar-refractivity contribution in [2.45, 2.75) is 13.3 Å². The van der Waals surface area contributed by atoms with E-state index in [0.29, 0.717) is 17.8 Å². The number of benzene rings is 2. The molecular formula is C21H28N4O2. The highest BCUT2D eigenvalue weighted by Crippen LogP contribution is 2.30. The number of carbonyl (C=O) groups excluding carboxylic acids is 1. The third kappa shape index (κ3) is 4.27. The van der Waals surface area contributed by atoms with E-state index in [2.05, 4.69) is 21.2 Å². The molecule has 0 saturated carbocycles. The monoisotopic (exact) mass is 368 g/mol. The van der Waals surface area contributed by atoms with Gasteiger partial charge in [-0.25, -0.2) is 0 Å². The number of nitrogen functional groups attached to an aromatic ring is 1. The van der Waals surface area contributed by atoms with Crippen molar-refractivity contribution in [1.82, 2.24) is 5.32 Å². The minimum atomic E-state index is -0.0731. The highest BCUT2D eigenvalue weighted by Gasteiger charge is 2.21. The fourth-order valence-corrected chi connectivity index (χ4v) is 3.40. The van der Waals surface area contributed by atoms with Crippen LogP contribution in [0.25, 0.3) is 0 Å². The summed E-state index contributed by atoms with van der Waals surface area (Å²) in [4.78, 5) is 16.7. The standard InChI is InChI=1S/C21H28N4O2/c1-3-10-23-21(26)16-8-9-18(17(22)15-16)24-11-13-25(14-12-24)19-6-4-5-7-20(19)27-2/h4-9,15H,3,10-14,22H2,1-2H3,(H,23,26). The minimum Gasteiger partial charge on any atom is -0.495 e. The molecule has 1 aliphatic heterocycles. The van der Waals surface area contributed by atoms with Gasteiger partial charge in [0.25, 0.3) is 5.91 Å². The number of para-hydroxylation sites is 2. The van der Waals surface area contributed by atoms with Crippen LogP contribution in [0.1, 0.15) is 23.7 Å². The van der Waals surface area contributed by atoms with Crippen LogP contribution >= 0.6 is 0 Å². The van der Waals surface area contributed by atoms with Gasteiger partial charge in [0.1, 0.15) is 5.75 Å². The Kier molecular flexibility index (Phi) is 6.06. The second-order valence-electron chi connectivity index (χ2n) is 6.68. The number of hydrogen-bond acceptors (Lipinski definition) is 5. The SMILES string of the molecule is CCCNC(=O)c1ccc(N2CCN(c3ccccc3OC)CC2)c(N)c1. The molecule has 2 aromatic carbocycles. The van der Waals surface area contributed by atoms with E-state index in [0.717, 1.165) is 49.7 Å². The zero-order valence-electron chi connectivity index (χ0n) is 16.1. The number of piperazine rings is 1. The quantitative estimate of drug-likeness (QED) is 0.767. The third-order valence-electron chi connectivity index (χ3n) is 4.87. The van der Waals surface area contributed by atoms with E-state index in [1.807, 2.05) is 37.3 Å². The maximum atomic E-state index is 12.1. The largest absolute Gasteiger partial charge is 0.495 e. The highest BCUT2D eigenvalue weighted by molar-refractivity contribution is 5.96. The summed E-state index contributed by atoms with van der Waals surface area (Å²) in [6.07, 6.45) is 0.912. The molecule has 3 N–H and O–H groups in total. The predicted molar refractivity (Wildman–Crippen MR) is 111 cm³/mol. The first-order valence-electron chi connectivity index (χ1n) is 9.44. The number of methoxy groups -OCH3 is 1. The summed E-state index contributed by atoms with van der Waals surface area (Å²) in [7, 11) is 1.70. The predicted octanol–water partition coefficient (Wildman–Crippen LogP) is 2.74. The Balaban J connectivity index is 1.66. The molecule has 0 atom stereocenters. The summed E-state index contributed by atoms with van der Waals surface area (Å²) < 4.78 is 5.48. The van der Waals surface area contributed by atoms with E-state index in [9.17, 15) is 4.79 Å². The van der Waals surface area contributed by atoms with Gasteiger partial charge >= 0.3 is 0 Å². The number of anilines is 3. The zero-order valence-corrected chi connectivity index (χ0v) is 16.1. The van der Waals surface area contributed by atoms with Crippen LogP contribution in [0.15, 0.2) is 42.5 Å². The van der Waals surface area contributed by atoms with E-state index in [1.165, 1.54) is 0 Å². The van der Waals surface area contributed by atoms with Crippen molar-refractivity contribution in [3.8, 4) is 5.75 Å². The van der Waals surface area contributed by atoms with Crippen molar-refractivity contribution < 1.29 is 9.53 Å². The molecule has 2 aromatic rings. The Morgan fingerprint density at radius 2 is 1.74 bits per heavy atom. The molecule has 0 spiro atoms. The normalized spacial score (nSPS) is 14.1. The number of nitrogens with two attached hydrogens (primary N) is 1. The number of carbonyl (C=O) groups is 1. The van der Waals surface area contributed by atoms with Crippen molar-refractivity contribution in [2.75, 3.05) is 55.4 Å². The minimum absolute atomic E-state index is 0.0731. The second-order valence-corrected chi connectivity index (χ2v) is 6.68. The molecule has 1 aliphatic rings. The lowest BCUT2D eigenvalue weighted by Gasteiger charge is -2.38. The van der Waals surface area contributed by atoms with Crippen LogP contribution in [0.5, 0.6) is 5.75 Å². The third-order valence-corrected chi connectivity index (χ3v) is 4.87. The molecule has 3 rings (SSSR count). The van der Waals surface area contributed by atoms with Crippen molar-refractivity contribution >= 4 is 23.0 Å². The summed E-state index contributed by atoms with van der Waals surface area (Å²) in [5, 5.41) is 2.88. The molecule has 0 bridgehead atoms. The Hall–Kier alpha value is -2.89. The smallest absolute Gasteiger partial charge is 0.251 e. The van der Waals surface area contributed by atoms with Crippen LogP contribution in [0.2, 0.25) is 0 Å². The summed E-state index contributed by atoms with van der Waals surface area (Å²) in [6.45, 7) is 6.21. The van der Waals surface area contributed by atoms with Crippen LogP contribution < -0.4 is 25.6 Å². The van der Waals surface area contributed by atoms with Gasteiger partial charge in [0.2, 0.25) is 0 Å². The first-order chi connectivity index (χ1) is 13.1. The van der Waals surface area contributed by atoms with Crippen LogP contribution in [-0.2, 0) is 0 Å². The van der Waals surface area contributed by atoms with Gasteiger partial charge in [0.15, 0.2) is 0 Å². The van der Waals surface area contributed by atoms with Gasteiger partial charge in [0.05, 0.1) is 24.2 Å². The maximum absolute atomic E-state index is 12.1. The summed E-state index contributed by atoms with van der Waals surface area (Å²) in [6, 6.07) is 13.7. The lowest BCUT2D eigenvalue weighted by molar-refractivity contribution is 0.0953. The highest BCUT2D eigenvalue weighted by atomic mass is 16.5. The Morgan fingerprint density at radius 1 is 1.07 bits per heavy atom. The summed E-state index contributed by atoms with van der Waals surface area (Å²) in [5.41, 5.74) is 9.62. The van der Waals surface area contributed by atoms with E-state index in [4.69, 9.17) is 10.5 Å². The molecular weight excluding hydrogens is 340 g/mol. The maximum Gasteiger partial charge on any atom is 0.251 e. The molecule has 1 fully saturated rings. The second kappa shape index (κ2) is 8.66. The Morgan fingerprint density at radius 3 is 2.37 bits per heavy atom. The van der Waals surface area contributed by atoms with Gasteiger partial charge in [-0.05, 0) is 36.8 Å². The van der Waals surface area contributed by atoms with Crippen LogP contribution in [-0.4, -0.2) is 45.7 Å². The number of nitrogens with one attached hydrogen (secondary N) is 1. The molecule has 0 aromatic heterocycles. The van der Waals surface area contributed by atoms with Gasteiger partial charge in [-0.2, -0.15) is 0 Å². The number of hydrogen-bond donors (Lipinski definition) is 2. The number of ether oxygens (including phenoxy) is 1. The van der Waals surface area contributed by atoms with E-state index in [-0.39, 0.29) is 5.91 Å². The molecule has 27 heavy (non-hydrogen) atoms. The molecule has 6 nitrogen and oxygen atoms in total. The molecule has 0 radical (unpaired) electrons. The molecule has 6 heteroatoms. The molecule has 0 unspecified atom stereocenters. The van der Waals surface area contributed by atoms with E-state index >= 15 is 0 Å². The zero-order chi connectivity index (χ0) is 19.2. The van der Waals surface area contributed by atoms with Crippen molar-refractivity contribution in [2.24, 2.45) is 0 Å². The number of rotatable bonds is 6. The molecule has 1 saturated heterocycles. The Bertz CT molecular complexity index is 786. The lowest BCUT2D eigenvalue weighted by atomic mass is 10.1. The molecule has 1 amide bonds. The van der Waals surface area contributed by atoms with Crippen molar-refractivity contribution in [1.29, 1.82) is 0 Å². The van der Waals surface area contributed by atoms with Crippen LogP contribution in [0.4, 0.5) is 17.1 Å². The van der Waals surface area contributed by atoms with E-state index < -0.39 is 0 Å². The Labute approximate surface area is 160 Å². The van der Waals surface area contributed by atoms with Gasteiger partial charge in [-0.3, -0.25) is 4.79 Å². The number of amides is 1. The average molecular weight is 368 g/mol. The average Bonchev–Trinajstić information content (AvgIpc) is 2.72. The first-order valence-corrected chi connectivity index (χ1v) is 9.44. The molecule has 1 heterocycles.